The van der Waals surface area contributed by atoms with Crippen molar-refractivity contribution in [2.24, 2.45) is 0 Å². The summed E-state index contributed by atoms with van der Waals surface area (Å²) in [7, 11) is 0. The van der Waals surface area contributed by atoms with E-state index in [9.17, 15) is 15.2 Å². The third kappa shape index (κ3) is 2.94. The highest BCUT2D eigenvalue weighted by molar-refractivity contribution is 5.64. The van der Waals surface area contributed by atoms with Crippen molar-refractivity contribution in [3.05, 3.63) is 69.3 Å². The molecule has 1 unspecified atom stereocenters. The molecule has 0 heterocycles. The van der Waals surface area contributed by atoms with Crippen LogP contribution in [0, 0.1) is 21.4 Å². The number of anilines is 1. The van der Waals surface area contributed by atoms with E-state index >= 15 is 0 Å². The Balaban J connectivity index is 1.87. The van der Waals surface area contributed by atoms with Crippen molar-refractivity contribution < 1.29 is 10.0 Å². The number of nitriles is 1. The van der Waals surface area contributed by atoms with Crippen molar-refractivity contribution in [1.82, 2.24) is 0 Å². The molecule has 0 saturated heterocycles. The minimum absolute atomic E-state index is 0.165. The molecule has 1 aliphatic carbocycles. The predicted octanol–water partition coefficient (Wildman–Crippen LogP) is 3.10. The van der Waals surface area contributed by atoms with Gasteiger partial charge in [-0.1, -0.05) is 24.3 Å². The number of hydrogen-bond donors (Lipinski definition) is 2. The Hall–Kier alpha value is -2.91. The summed E-state index contributed by atoms with van der Waals surface area (Å²) in [5.41, 5.74) is 1.30. The zero-order valence-corrected chi connectivity index (χ0v) is 13.0. The van der Waals surface area contributed by atoms with E-state index in [1.165, 1.54) is 18.2 Å². The molecule has 2 aromatic carbocycles. The quantitative estimate of drug-likeness (QED) is 0.665. The van der Waals surface area contributed by atoms with Crippen LogP contribution in [0.25, 0.3) is 0 Å². The minimum Gasteiger partial charge on any atom is -0.383 e. The fourth-order valence-corrected chi connectivity index (χ4v) is 3.23. The summed E-state index contributed by atoms with van der Waals surface area (Å²) in [4.78, 5) is 10.7. The Kier molecular flexibility index (Phi) is 4.19. The van der Waals surface area contributed by atoms with Gasteiger partial charge in [0.15, 0.2) is 0 Å². The first-order valence-electron chi connectivity index (χ1n) is 7.77. The van der Waals surface area contributed by atoms with Gasteiger partial charge in [0, 0.05) is 12.6 Å². The molecule has 2 N–H and O–H groups in total. The van der Waals surface area contributed by atoms with Gasteiger partial charge in [-0.15, -0.1) is 0 Å². The number of nitrogens with one attached hydrogen (secondary N) is 1. The molecule has 0 fully saturated rings. The molecule has 0 spiro atoms. The van der Waals surface area contributed by atoms with Crippen LogP contribution in [0.2, 0.25) is 0 Å². The van der Waals surface area contributed by atoms with E-state index in [0.717, 1.165) is 24.0 Å². The van der Waals surface area contributed by atoms with Crippen molar-refractivity contribution in [2.45, 2.75) is 24.9 Å². The first-order valence-corrected chi connectivity index (χ1v) is 7.77. The van der Waals surface area contributed by atoms with Crippen LogP contribution >= 0.6 is 0 Å². The summed E-state index contributed by atoms with van der Waals surface area (Å²) in [6.07, 6.45) is 2.39. The Labute approximate surface area is 139 Å². The van der Waals surface area contributed by atoms with Gasteiger partial charge >= 0.3 is 0 Å². The normalized spacial score (nSPS) is 19.2. The molecule has 3 rings (SSSR count). The SMILES string of the molecule is N#Cc1ccc(NCC2(O)CCCc3ccccc32)c([N+](=O)[O-])c1. The van der Waals surface area contributed by atoms with Crippen LogP contribution in [-0.2, 0) is 12.0 Å². The van der Waals surface area contributed by atoms with E-state index in [-0.39, 0.29) is 17.8 Å². The maximum Gasteiger partial charge on any atom is 0.293 e. The number of nitrogens with zero attached hydrogens (tertiary/aromatic N) is 2. The Morgan fingerprint density at radius 1 is 1.33 bits per heavy atom. The molecule has 0 aromatic heterocycles. The number of benzene rings is 2. The van der Waals surface area contributed by atoms with E-state index in [2.05, 4.69) is 5.32 Å². The number of nitro benzene ring substituents is 1. The minimum atomic E-state index is -1.06. The number of hydrogen-bond acceptors (Lipinski definition) is 5. The number of aryl methyl sites for hydroxylation is 1. The number of nitro groups is 1. The van der Waals surface area contributed by atoms with Gasteiger partial charge in [0.2, 0.25) is 0 Å². The molecule has 6 heteroatoms. The van der Waals surface area contributed by atoms with Gasteiger partial charge in [-0.3, -0.25) is 10.1 Å². The van der Waals surface area contributed by atoms with E-state index in [4.69, 9.17) is 5.26 Å². The number of aliphatic hydroxyl groups is 1. The average molecular weight is 323 g/mol. The van der Waals surface area contributed by atoms with E-state index in [1.807, 2.05) is 30.3 Å². The molecule has 2 aromatic rings. The maximum absolute atomic E-state index is 11.2. The largest absolute Gasteiger partial charge is 0.383 e. The van der Waals surface area contributed by atoms with Gasteiger partial charge in [0.1, 0.15) is 11.3 Å². The summed E-state index contributed by atoms with van der Waals surface area (Å²) < 4.78 is 0. The number of fused-ring (bicyclic) bond motifs is 1. The van der Waals surface area contributed by atoms with Crippen molar-refractivity contribution in [3.63, 3.8) is 0 Å². The lowest BCUT2D eigenvalue weighted by molar-refractivity contribution is -0.384. The van der Waals surface area contributed by atoms with Gasteiger partial charge in [-0.2, -0.15) is 5.26 Å². The van der Waals surface area contributed by atoms with Gasteiger partial charge in [-0.05, 0) is 42.5 Å². The highest BCUT2D eigenvalue weighted by Gasteiger charge is 2.34. The highest BCUT2D eigenvalue weighted by Crippen LogP contribution is 2.36. The lowest BCUT2D eigenvalue weighted by atomic mass is 9.79. The molecule has 0 bridgehead atoms. The van der Waals surface area contributed by atoms with E-state index < -0.39 is 10.5 Å². The first kappa shape index (κ1) is 16.0. The molecule has 1 atom stereocenters. The maximum atomic E-state index is 11.2. The zero-order chi connectivity index (χ0) is 17.2. The molecule has 0 radical (unpaired) electrons. The molecule has 122 valence electrons. The van der Waals surface area contributed by atoms with Crippen LogP contribution in [0.1, 0.15) is 29.5 Å². The van der Waals surface area contributed by atoms with Crippen LogP contribution in [-0.4, -0.2) is 16.6 Å². The molecule has 6 nitrogen and oxygen atoms in total. The smallest absolute Gasteiger partial charge is 0.293 e. The summed E-state index contributed by atoms with van der Waals surface area (Å²) in [5, 5.41) is 34.1. The summed E-state index contributed by atoms with van der Waals surface area (Å²) in [5.74, 6) is 0. The van der Waals surface area contributed by atoms with Crippen LogP contribution in [0.4, 0.5) is 11.4 Å². The first-order chi connectivity index (χ1) is 11.5. The summed E-state index contributed by atoms with van der Waals surface area (Å²) in [6, 6.07) is 13.9. The molecule has 1 aliphatic rings. The lowest BCUT2D eigenvalue weighted by Crippen LogP contribution is -2.37. The predicted molar refractivity (Wildman–Crippen MR) is 89.6 cm³/mol. The van der Waals surface area contributed by atoms with Gasteiger partial charge in [0.25, 0.3) is 5.69 Å². The number of rotatable bonds is 4. The second-order valence-corrected chi connectivity index (χ2v) is 6.00. The zero-order valence-electron chi connectivity index (χ0n) is 13.0. The second-order valence-electron chi connectivity index (χ2n) is 6.00. The van der Waals surface area contributed by atoms with Crippen molar-refractivity contribution >= 4 is 11.4 Å². The summed E-state index contributed by atoms with van der Waals surface area (Å²) >= 11 is 0. The van der Waals surface area contributed by atoms with Crippen LogP contribution in [0.15, 0.2) is 42.5 Å². The fraction of sp³-hybridized carbons (Fsp3) is 0.278. The topological polar surface area (TPSA) is 99.2 Å². The monoisotopic (exact) mass is 323 g/mol. The summed E-state index contributed by atoms with van der Waals surface area (Å²) in [6.45, 7) is 0.177. The Bertz CT molecular complexity index is 828. The third-order valence-corrected chi connectivity index (χ3v) is 4.45. The molecular weight excluding hydrogens is 306 g/mol. The van der Waals surface area contributed by atoms with Crippen LogP contribution < -0.4 is 5.32 Å². The molecular formula is C18H17N3O3. The highest BCUT2D eigenvalue weighted by atomic mass is 16.6. The second kappa shape index (κ2) is 6.30. The Morgan fingerprint density at radius 2 is 2.12 bits per heavy atom. The fourth-order valence-electron chi connectivity index (χ4n) is 3.23. The molecule has 0 saturated carbocycles. The van der Waals surface area contributed by atoms with Crippen molar-refractivity contribution in [3.8, 4) is 6.07 Å². The van der Waals surface area contributed by atoms with E-state index in [1.54, 1.807) is 0 Å². The van der Waals surface area contributed by atoms with Crippen LogP contribution in [0.3, 0.4) is 0 Å². The average Bonchev–Trinajstić information content (AvgIpc) is 2.60. The van der Waals surface area contributed by atoms with Crippen molar-refractivity contribution in [1.29, 1.82) is 5.26 Å². The lowest BCUT2D eigenvalue weighted by Gasteiger charge is -2.35. The van der Waals surface area contributed by atoms with Crippen molar-refractivity contribution in [2.75, 3.05) is 11.9 Å². The van der Waals surface area contributed by atoms with Gasteiger partial charge in [0.05, 0.1) is 16.6 Å². The Morgan fingerprint density at radius 3 is 2.88 bits per heavy atom. The van der Waals surface area contributed by atoms with E-state index in [0.29, 0.717) is 12.1 Å². The van der Waals surface area contributed by atoms with Gasteiger partial charge < -0.3 is 10.4 Å². The van der Waals surface area contributed by atoms with Crippen LogP contribution in [0.5, 0.6) is 0 Å². The molecule has 0 aliphatic heterocycles. The molecule has 24 heavy (non-hydrogen) atoms. The molecule has 0 amide bonds. The third-order valence-electron chi connectivity index (χ3n) is 4.45. The standard InChI is InChI=1S/C18H17N3O3/c19-11-13-7-8-16(17(10-13)21(23)24)20-12-18(22)9-3-5-14-4-1-2-6-15(14)18/h1-2,4,6-8,10,20,22H,3,5,9,12H2. The van der Waals surface area contributed by atoms with Gasteiger partial charge in [-0.25, -0.2) is 0 Å².